The molecule has 0 spiro atoms. The van der Waals surface area contributed by atoms with Gasteiger partial charge in [-0.25, -0.2) is 13.4 Å². The summed E-state index contributed by atoms with van der Waals surface area (Å²) >= 11 is 1.40. The van der Waals surface area contributed by atoms with Crippen molar-refractivity contribution in [2.75, 3.05) is 11.6 Å². The summed E-state index contributed by atoms with van der Waals surface area (Å²) in [5.74, 6) is -0.327. The zero-order chi connectivity index (χ0) is 19.9. The van der Waals surface area contributed by atoms with Crippen LogP contribution < -0.4 is 5.32 Å². The number of aryl methyl sites for hydroxylation is 1. The van der Waals surface area contributed by atoms with Crippen LogP contribution in [0.4, 0.5) is 5.69 Å². The van der Waals surface area contributed by atoms with Gasteiger partial charge in [0, 0.05) is 35.0 Å². The zero-order valence-electron chi connectivity index (χ0n) is 14.9. The minimum Gasteiger partial charge on any atom is -0.320 e. The Kier molecular flexibility index (Phi) is 4.44. The molecule has 3 aromatic heterocycles. The minimum atomic E-state index is -3.39. The Morgan fingerprint density at radius 1 is 1.14 bits per heavy atom. The Balaban J connectivity index is 1.78. The first-order valence-corrected chi connectivity index (χ1v) is 10.9. The van der Waals surface area contributed by atoms with E-state index >= 15 is 0 Å². The van der Waals surface area contributed by atoms with Crippen molar-refractivity contribution in [3.63, 3.8) is 0 Å². The van der Waals surface area contributed by atoms with Crippen molar-refractivity contribution in [3.8, 4) is 11.1 Å². The fourth-order valence-electron chi connectivity index (χ4n) is 2.75. The number of H-pyrrole nitrogens is 1. The topological polar surface area (TPSA) is 118 Å². The molecule has 0 saturated carbocycles. The molecule has 4 aromatic rings. The van der Waals surface area contributed by atoms with Gasteiger partial charge in [0.05, 0.1) is 27.3 Å². The van der Waals surface area contributed by atoms with Gasteiger partial charge in [0.25, 0.3) is 5.91 Å². The van der Waals surface area contributed by atoms with Gasteiger partial charge in [0.2, 0.25) is 0 Å². The second-order valence-electron chi connectivity index (χ2n) is 6.24. The first-order chi connectivity index (χ1) is 13.3. The number of nitrogens with one attached hydrogen (secondary N) is 2. The van der Waals surface area contributed by atoms with Crippen LogP contribution in [0.5, 0.6) is 0 Å². The normalized spacial score (nSPS) is 11.6. The molecule has 0 atom stereocenters. The van der Waals surface area contributed by atoms with Crippen molar-refractivity contribution in [2.24, 2.45) is 0 Å². The number of amides is 1. The van der Waals surface area contributed by atoms with Gasteiger partial charge in [-0.05, 0) is 30.7 Å². The smallest absolute Gasteiger partial charge is 0.275 e. The molecule has 0 aliphatic rings. The molecule has 8 nitrogen and oxygen atoms in total. The summed E-state index contributed by atoms with van der Waals surface area (Å²) in [6.45, 7) is 1.83. The minimum absolute atomic E-state index is 0.123. The van der Waals surface area contributed by atoms with E-state index in [-0.39, 0.29) is 10.8 Å². The van der Waals surface area contributed by atoms with Crippen molar-refractivity contribution in [1.29, 1.82) is 0 Å². The van der Waals surface area contributed by atoms with Crippen LogP contribution in [0.25, 0.3) is 22.0 Å². The number of hydrogen-bond acceptors (Lipinski definition) is 7. The van der Waals surface area contributed by atoms with Gasteiger partial charge in [-0.2, -0.15) is 5.10 Å². The van der Waals surface area contributed by atoms with E-state index in [2.05, 4.69) is 25.5 Å². The number of hydrogen-bond donors (Lipinski definition) is 2. The van der Waals surface area contributed by atoms with Crippen molar-refractivity contribution < 1.29 is 13.2 Å². The largest absolute Gasteiger partial charge is 0.320 e. The number of sulfone groups is 1. The SMILES string of the molecule is Cc1nc(C(=O)Nc2cc(-c3cncc(S(C)(=O)=O)c3)cc3[nH]ncc23)cs1. The molecule has 10 heteroatoms. The molecule has 3 heterocycles. The number of carbonyl (C=O) groups is 1. The van der Waals surface area contributed by atoms with Gasteiger partial charge < -0.3 is 5.32 Å². The molecule has 142 valence electrons. The second-order valence-corrected chi connectivity index (χ2v) is 9.32. The molecular weight excluding hydrogens is 398 g/mol. The lowest BCUT2D eigenvalue weighted by molar-refractivity contribution is 0.102. The Morgan fingerprint density at radius 2 is 1.96 bits per heavy atom. The Labute approximate surface area is 164 Å². The zero-order valence-corrected chi connectivity index (χ0v) is 16.6. The maximum Gasteiger partial charge on any atom is 0.275 e. The highest BCUT2D eigenvalue weighted by Crippen LogP contribution is 2.31. The maximum atomic E-state index is 12.5. The summed E-state index contributed by atoms with van der Waals surface area (Å²) in [4.78, 5) is 20.9. The third kappa shape index (κ3) is 3.51. The van der Waals surface area contributed by atoms with Crippen LogP contribution in [-0.4, -0.2) is 40.7 Å². The van der Waals surface area contributed by atoms with E-state index in [9.17, 15) is 13.2 Å². The molecular formula is C18H15N5O3S2. The summed E-state index contributed by atoms with van der Waals surface area (Å²) in [7, 11) is -3.39. The maximum absolute atomic E-state index is 12.5. The molecule has 0 bridgehead atoms. The average molecular weight is 413 g/mol. The van der Waals surface area contributed by atoms with Crippen LogP contribution in [0, 0.1) is 6.92 Å². The predicted octanol–water partition coefficient (Wildman–Crippen LogP) is 3.05. The molecule has 1 amide bonds. The van der Waals surface area contributed by atoms with Crippen molar-refractivity contribution in [2.45, 2.75) is 11.8 Å². The lowest BCUT2D eigenvalue weighted by Gasteiger charge is -2.09. The molecule has 0 aliphatic heterocycles. The van der Waals surface area contributed by atoms with Crippen LogP contribution >= 0.6 is 11.3 Å². The molecule has 0 unspecified atom stereocenters. The van der Waals surface area contributed by atoms with E-state index in [1.807, 2.05) is 13.0 Å². The third-order valence-corrected chi connectivity index (χ3v) is 5.99. The Morgan fingerprint density at radius 3 is 2.68 bits per heavy atom. The van der Waals surface area contributed by atoms with Crippen LogP contribution in [-0.2, 0) is 9.84 Å². The van der Waals surface area contributed by atoms with E-state index in [1.165, 1.54) is 17.5 Å². The monoisotopic (exact) mass is 413 g/mol. The molecule has 28 heavy (non-hydrogen) atoms. The van der Waals surface area contributed by atoms with Gasteiger partial charge in [-0.3, -0.25) is 14.9 Å². The fraction of sp³-hybridized carbons (Fsp3) is 0.111. The molecule has 0 aliphatic carbocycles. The lowest BCUT2D eigenvalue weighted by atomic mass is 10.0. The molecule has 0 saturated heterocycles. The van der Waals surface area contributed by atoms with Gasteiger partial charge in [-0.15, -0.1) is 11.3 Å². The summed E-state index contributed by atoms with van der Waals surface area (Å²) in [5, 5.41) is 13.0. The number of pyridine rings is 1. The van der Waals surface area contributed by atoms with Crippen LogP contribution in [0.3, 0.4) is 0 Å². The van der Waals surface area contributed by atoms with Gasteiger partial charge in [0.1, 0.15) is 5.69 Å². The lowest BCUT2D eigenvalue weighted by Crippen LogP contribution is -2.12. The molecule has 1 aromatic carbocycles. The number of aromatic nitrogens is 4. The summed E-state index contributed by atoms with van der Waals surface area (Å²) in [6, 6.07) is 5.14. The van der Waals surface area contributed by atoms with Crippen molar-refractivity contribution in [1.82, 2.24) is 20.2 Å². The number of fused-ring (bicyclic) bond motifs is 1. The standard InChI is InChI=1S/C18H15N5O3S2/c1-10-21-17(9-27-10)18(24)22-15-4-11(5-16-14(15)8-20-23-16)12-3-13(7-19-6-12)28(2,25)26/h3-9H,1-2H3,(H,20,23)(H,22,24). The van der Waals surface area contributed by atoms with E-state index < -0.39 is 9.84 Å². The number of aromatic amines is 1. The van der Waals surface area contributed by atoms with E-state index in [0.717, 1.165) is 16.6 Å². The quantitative estimate of drug-likeness (QED) is 0.531. The number of thiazole rings is 1. The van der Waals surface area contributed by atoms with Crippen molar-refractivity contribution in [3.05, 3.63) is 52.9 Å². The van der Waals surface area contributed by atoms with Crippen LogP contribution in [0.2, 0.25) is 0 Å². The summed E-state index contributed by atoms with van der Waals surface area (Å²) < 4.78 is 23.7. The average Bonchev–Trinajstić information content (AvgIpc) is 3.30. The molecule has 0 radical (unpaired) electrons. The summed E-state index contributed by atoms with van der Waals surface area (Å²) in [6.07, 6.45) is 5.63. The highest BCUT2D eigenvalue weighted by molar-refractivity contribution is 7.90. The predicted molar refractivity (Wildman–Crippen MR) is 107 cm³/mol. The number of anilines is 1. The van der Waals surface area contributed by atoms with Gasteiger partial charge >= 0.3 is 0 Å². The highest BCUT2D eigenvalue weighted by atomic mass is 32.2. The van der Waals surface area contributed by atoms with Crippen LogP contribution in [0.1, 0.15) is 15.5 Å². The molecule has 2 N–H and O–H groups in total. The number of carbonyl (C=O) groups excluding carboxylic acids is 1. The molecule has 4 rings (SSSR count). The van der Waals surface area contributed by atoms with Crippen molar-refractivity contribution >= 4 is 43.7 Å². The molecule has 0 fully saturated rings. The third-order valence-electron chi connectivity index (χ3n) is 4.13. The Bertz CT molecular complexity index is 1310. The van der Waals surface area contributed by atoms with E-state index in [0.29, 0.717) is 28.0 Å². The highest BCUT2D eigenvalue weighted by Gasteiger charge is 2.15. The van der Waals surface area contributed by atoms with E-state index in [1.54, 1.807) is 29.9 Å². The first-order valence-electron chi connectivity index (χ1n) is 8.17. The van der Waals surface area contributed by atoms with Crippen LogP contribution in [0.15, 0.2) is 47.1 Å². The van der Waals surface area contributed by atoms with E-state index in [4.69, 9.17) is 0 Å². The number of benzene rings is 1. The van der Waals surface area contributed by atoms with Gasteiger partial charge in [-0.1, -0.05) is 0 Å². The number of rotatable bonds is 4. The first kappa shape index (κ1) is 18.3. The second kappa shape index (κ2) is 6.80. The van der Waals surface area contributed by atoms with Gasteiger partial charge in [0.15, 0.2) is 9.84 Å². The Hall–Kier alpha value is -3.11. The summed E-state index contributed by atoms with van der Waals surface area (Å²) in [5.41, 5.74) is 2.89. The fourth-order valence-corrected chi connectivity index (χ4v) is 3.94. The number of nitrogens with zero attached hydrogens (tertiary/aromatic N) is 3.